The number of aromatic nitrogens is 2. The van der Waals surface area contributed by atoms with Crippen LogP contribution in [-0.2, 0) is 16.0 Å². The molecule has 1 saturated carbocycles. The van der Waals surface area contributed by atoms with Gasteiger partial charge in [0.2, 0.25) is 0 Å². The Hall–Kier alpha value is -4.40. The van der Waals surface area contributed by atoms with Crippen LogP contribution in [0.5, 0.6) is 0 Å². The average Bonchev–Trinajstić information content (AvgIpc) is 3.43. The lowest BCUT2D eigenvalue weighted by atomic mass is 9.89. The maximum Gasteiger partial charge on any atom is 0.407 e. The van der Waals surface area contributed by atoms with E-state index in [4.69, 9.17) is 4.74 Å². The molecule has 1 aliphatic heterocycles. The van der Waals surface area contributed by atoms with Crippen LogP contribution < -0.4 is 0 Å². The number of nitrogens with zero attached hydrogens (tertiary/aromatic N) is 4. The van der Waals surface area contributed by atoms with Gasteiger partial charge in [-0.2, -0.15) is 0 Å². The second-order valence-electron chi connectivity index (χ2n) is 10.5. The molecule has 2 aliphatic rings. The number of hydrogen-bond acceptors (Lipinski definition) is 5. The SMILES string of the molecule is CCOC(=O)/C=C1/CCCC[C@@H]1n1cnc(C(=O)N2CCN(C(=O)O)C[C@H]2Cc2ccccc2)c1-c1ccccc1. The van der Waals surface area contributed by atoms with E-state index in [-0.39, 0.29) is 43.6 Å². The van der Waals surface area contributed by atoms with E-state index in [0.29, 0.717) is 24.4 Å². The molecule has 5 rings (SSSR count). The molecule has 1 aliphatic carbocycles. The van der Waals surface area contributed by atoms with Crippen molar-refractivity contribution in [3.63, 3.8) is 0 Å². The van der Waals surface area contributed by atoms with Crippen LogP contribution in [0.3, 0.4) is 0 Å². The standard InChI is InChI=1S/C32H36N4O5/c1-2-41-28(37)20-25-15-9-10-16-27(25)36-22-33-29(30(36)24-13-7-4-8-14-24)31(38)35-18-17-34(32(39)40)21-26(35)19-23-11-5-3-6-12-23/h3-8,11-14,20,22,26-27H,2,9-10,15-19,21H2,1H3,(H,39,40)/b25-20-/t26-,27+/m1/s1. The number of hydrogen-bond donors (Lipinski definition) is 1. The van der Waals surface area contributed by atoms with Gasteiger partial charge >= 0.3 is 12.1 Å². The Morgan fingerprint density at radius 1 is 1.02 bits per heavy atom. The predicted molar refractivity (Wildman–Crippen MR) is 154 cm³/mol. The highest BCUT2D eigenvalue weighted by Crippen LogP contribution is 2.38. The number of esters is 1. The first-order valence-corrected chi connectivity index (χ1v) is 14.3. The molecule has 2 atom stereocenters. The molecule has 0 unspecified atom stereocenters. The Morgan fingerprint density at radius 3 is 2.46 bits per heavy atom. The van der Waals surface area contributed by atoms with E-state index in [2.05, 4.69) is 4.98 Å². The summed E-state index contributed by atoms with van der Waals surface area (Å²) in [5, 5.41) is 9.69. The summed E-state index contributed by atoms with van der Waals surface area (Å²) in [6.07, 6.45) is 6.44. The Bertz CT molecular complexity index is 1400. The van der Waals surface area contributed by atoms with Crippen LogP contribution in [-0.4, -0.2) is 74.7 Å². The molecule has 2 fully saturated rings. The van der Waals surface area contributed by atoms with Gasteiger partial charge in [0.1, 0.15) is 0 Å². The van der Waals surface area contributed by atoms with Gasteiger partial charge in [0.25, 0.3) is 5.91 Å². The molecule has 0 bridgehead atoms. The van der Waals surface area contributed by atoms with Gasteiger partial charge in [0, 0.05) is 31.3 Å². The summed E-state index contributed by atoms with van der Waals surface area (Å²) >= 11 is 0. The molecule has 214 valence electrons. The number of piperazine rings is 1. The predicted octanol–water partition coefficient (Wildman–Crippen LogP) is 5.20. The lowest BCUT2D eigenvalue weighted by Gasteiger charge is -2.40. The van der Waals surface area contributed by atoms with Crippen molar-refractivity contribution in [2.24, 2.45) is 0 Å². The van der Waals surface area contributed by atoms with Gasteiger partial charge in [-0.3, -0.25) is 4.79 Å². The quantitative estimate of drug-likeness (QED) is 0.317. The zero-order chi connectivity index (χ0) is 28.8. The molecular formula is C32H36N4O5. The van der Waals surface area contributed by atoms with E-state index >= 15 is 0 Å². The highest BCUT2D eigenvalue weighted by molar-refractivity contribution is 5.98. The number of rotatable bonds is 7. The molecule has 2 heterocycles. The van der Waals surface area contributed by atoms with Gasteiger partial charge in [0.05, 0.1) is 30.7 Å². The topological polar surface area (TPSA) is 105 Å². The van der Waals surface area contributed by atoms with Crippen molar-refractivity contribution in [2.75, 3.05) is 26.2 Å². The Labute approximate surface area is 240 Å². The molecule has 2 aromatic carbocycles. The van der Waals surface area contributed by atoms with Crippen molar-refractivity contribution in [1.29, 1.82) is 0 Å². The molecular weight excluding hydrogens is 520 g/mol. The summed E-state index contributed by atoms with van der Waals surface area (Å²) in [7, 11) is 0. The van der Waals surface area contributed by atoms with E-state index in [9.17, 15) is 19.5 Å². The second kappa shape index (κ2) is 12.8. The van der Waals surface area contributed by atoms with Gasteiger partial charge in [-0.1, -0.05) is 67.1 Å². The summed E-state index contributed by atoms with van der Waals surface area (Å²) < 4.78 is 7.24. The number of imidazole rings is 1. The molecule has 41 heavy (non-hydrogen) atoms. The molecule has 9 nitrogen and oxygen atoms in total. The van der Waals surface area contributed by atoms with E-state index in [0.717, 1.165) is 42.4 Å². The number of carbonyl (C=O) groups is 3. The summed E-state index contributed by atoms with van der Waals surface area (Å²) in [6, 6.07) is 19.1. The fourth-order valence-corrected chi connectivity index (χ4v) is 5.97. The van der Waals surface area contributed by atoms with E-state index in [1.165, 1.54) is 4.90 Å². The number of benzene rings is 2. The molecule has 1 N–H and O–H groups in total. The molecule has 1 aromatic heterocycles. The third kappa shape index (κ3) is 6.34. The van der Waals surface area contributed by atoms with Gasteiger partial charge in [0.15, 0.2) is 5.69 Å². The van der Waals surface area contributed by atoms with Crippen LogP contribution >= 0.6 is 0 Å². The Kier molecular flexibility index (Phi) is 8.82. The zero-order valence-electron chi connectivity index (χ0n) is 23.3. The van der Waals surface area contributed by atoms with Crippen LogP contribution in [0.1, 0.15) is 54.7 Å². The lowest BCUT2D eigenvalue weighted by Crippen LogP contribution is -2.57. The van der Waals surface area contributed by atoms with Crippen LogP contribution in [0.4, 0.5) is 4.79 Å². The molecule has 3 aromatic rings. The minimum atomic E-state index is -0.984. The first kappa shape index (κ1) is 28.1. The van der Waals surface area contributed by atoms with Gasteiger partial charge in [-0.25, -0.2) is 14.6 Å². The van der Waals surface area contributed by atoms with Crippen molar-refractivity contribution < 1.29 is 24.2 Å². The summed E-state index contributed by atoms with van der Waals surface area (Å²) in [4.78, 5) is 46.4. The fourth-order valence-electron chi connectivity index (χ4n) is 5.97. The van der Waals surface area contributed by atoms with Crippen molar-refractivity contribution in [3.8, 4) is 11.3 Å². The maximum absolute atomic E-state index is 14.3. The van der Waals surface area contributed by atoms with Crippen LogP contribution in [0.25, 0.3) is 11.3 Å². The summed E-state index contributed by atoms with van der Waals surface area (Å²) in [5.41, 5.74) is 3.90. The van der Waals surface area contributed by atoms with Crippen LogP contribution in [0.2, 0.25) is 0 Å². The van der Waals surface area contributed by atoms with Gasteiger partial charge in [-0.05, 0) is 43.7 Å². The van der Waals surface area contributed by atoms with Crippen molar-refractivity contribution >= 4 is 18.0 Å². The highest BCUT2D eigenvalue weighted by Gasteiger charge is 2.36. The highest BCUT2D eigenvalue weighted by atomic mass is 16.5. The maximum atomic E-state index is 14.3. The molecule has 9 heteroatoms. The first-order valence-electron chi connectivity index (χ1n) is 14.3. The molecule has 0 spiro atoms. The van der Waals surface area contributed by atoms with Crippen molar-refractivity contribution in [2.45, 2.75) is 51.1 Å². The van der Waals surface area contributed by atoms with Crippen LogP contribution in [0, 0.1) is 0 Å². The number of carboxylic acid groups (broad SMARTS) is 1. The number of ether oxygens (including phenoxy) is 1. The van der Waals surface area contributed by atoms with Crippen molar-refractivity contribution in [3.05, 3.63) is 89.9 Å². The molecule has 2 amide bonds. The van der Waals surface area contributed by atoms with Crippen molar-refractivity contribution in [1.82, 2.24) is 19.4 Å². The number of carbonyl (C=O) groups excluding carboxylic acids is 2. The second-order valence-corrected chi connectivity index (χ2v) is 10.5. The van der Waals surface area contributed by atoms with E-state index in [1.807, 2.05) is 65.2 Å². The van der Waals surface area contributed by atoms with E-state index < -0.39 is 6.09 Å². The summed E-state index contributed by atoms with van der Waals surface area (Å²) in [6.45, 7) is 2.85. The normalized spacial score (nSPS) is 20.2. The average molecular weight is 557 g/mol. The molecule has 1 saturated heterocycles. The number of allylic oxidation sites excluding steroid dienone is 1. The zero-order valence-corrected chi connectivity index (χ0v) is 23.3. The minimum Gasteiger partial charge on any atom is -0.465 e. The smallest absolute Gasteiger partial charge is 0.407 e. The fraction of sp³-hybridized carbons (Fsp3) is 0.375. The first-order chi connectivity index (χ1) is 20.0. The largest absolute Gasteiger partial charge is 0.465 e. The Morgan fingerprint density at radius 2 is 1.76 bits per heavy atom. The Balaban J connectivity index is 1.53. The monoisotopic (exact) mass is 556 g/mol. The van der Waals surface area contributed by atoms with E-state index in [1.54, 1.807) is 24.2 Å². The third-order valence-electron chi connectivity index (χ3n) is 7.92. The summed E-state index contributed by atoms with van der Waals surface area (Å²) in [5.74, 6) is -0.576. The molecule has 0 radical (unpaired) electrons. The minimum absolute atomic E-state index is 0.124. The number of amides is 2. The van der Waals surface area contributed by atoms with Gasteiger partial charge < -0.3 is 24.2 Å². The van der Waals surface area contributed by atoms with Gasteiger partial charge in [-0.15, -0.1) is 0 Å². The third-order valence-corrected chi connectivity index (χ3v) is 7.92. The lowest BCUT2D eigenvalue weighted by molar-refractivity contribution is -0.137. The van der Waals surface area contributed by atoms with Crippen LogP contribution in [0.15, 0.2) is 78.6 Å².